The second kappa shape index (κ2) is 6.14. The van der Waals surface area contributed by atoms with Crippen molar-refractivity contribution in [3.8, 4) is 0 Å². The van der Waals surface area contributed by atoms with E-state index in [1.165, 1.54) is 20.0 Å². The summed E-state index contributed by atoms with van der Waals surface area (Å²) in [6.07, 6.45) is 0. The van der Waals surface area contributed by atoms with E-state index in [0.29, 0.717) is 5.56 Å². The van der Waals surface area contributed by atoms with E-state index >= 15 is 0 Å². The van der Waals surface area contributed by atoms with Crippen molar-refractivity contribution in [3.05, 3.63) is 29.3 Å². The molecule has 1 aromatic rings. The van der Waals surface area contributed by atoms with Crippen LogP contribution in [-0.4, -0.2) is 27.4 Å². The zero-order valence-electron chi connectivity index (χ0n) is 11.2. The molecule has 1 atom stereocenters. The zero-order chi connectivity index (χ0) is 14.6. The van der Waals surface area contributed by atoms with Crippen LogP contribution in [0.2, 0.25) is 0 Å². The standard InChI is InChI=1S/C12H19N3O3S/c1-8-4-5-10(7-13)6-11(8)19(17,18)15-9(2)12(16)14-3/h4-6,9,15H,7,13H2,1-3H3,(H,14,16). The highest BCUT2D eigenvalue weighted by Crippen LogP contribution is 2.17. The average Bonchev–Trinajstić information content (AvgIpc) is 2.37. The summed E-state index contributed by atoms with van der Waals surface area (Å²) in [4.78, 5) is 11.5. The first-order valence-corrected chi connectivity index (χ1v) is 7.33. The van der Waals surface area contributed by atoms with E-state index in [0.717, 1.165) is 5.56 Å². The normalized spacial score (nSPS) is 13.1. The van der Waals surface area contributed by atoms with Gasteiger partial charge in [-0.2, -0.15) is 4.72 Å². The lowest BCUT2D eigenvalue weighted by Crippen LogP contribution is -2.43. The zero-order valence-corrected chi connectivity index (χ0v) is 12.0. The van der Waals surface area contributed by atoms with Crippen LogP contribution in [0.15, 0.2) is 23.1 Å². The van der Waals surface area contributed by atoms with Crippen LogP contribution >= 0.6 is 0 Å². The van der Waals surface area contributed by atoms with Crippen LogP contribution in [-0.2, 0) is 21.4 Å². The molecule has 0 aliphatic rings. The summed E-state index contributed by atoms with van der Waals surface area (Å²) in [5, 5.41) is 2.39. The molecule has 19 heavy (non-hydrogen) atoms. The highest BCUT2D eigenvalue weighted by Gasteiger charge is 2.22. The predicted octanol–water partition coefficient (Wildman–Crippen LogP) is -0.133. The highest BCUT2D eigenvalue weighted by atomic mass is 32.2. The Labute approximate surface area is 113 Å². The van der Waals surface area contributed by atoms with Crippen LogP contribution < -0.4 is 15.8 Å². The van der Waals surface area contributed by atoms with E-state index in [1.807, 2.05) is 0 Å². The Kier molecular flexibility index (Phi) is 5.04. The molecule has 1 unspecified atom stereocenters. The summed E-state index contributed by atoms with van der Waals surface area (Å²) in [5.74, 6) is -0.392. The molecule has 0 fully saturated rings. The van der Waals surface area contributed by atoms with Crippen LogP contribution in [0, 0.1) is 6.92 Å². The number of nitrogens with one attached hydrogen (secondary N) is 2. The third-order valence-electron chi connectivity index (χ3n) is 2.75. The number of hydrogen-bond donors (Lipinski definition) is 3. The van der Waals surface area contributed by atoms with Crippen molar-refractivity contribution in [3.63, 3.8) is 0 Å². The molecule has 0 radical (unpaired) electrons. The minimum Gasteiger partial charge on any atom is -0.358 e. The van der Waals surface area contributed by atoms with Crippen molar-refractivity contribution in [1.82, 2.24) is 10.0 Å². The van der Waals surface area contributed by atoms with Crippen LogP contribution in [0.3, 0.4) is 0 Å². The summed E-state index contributed by atoms with van der Waals surface area (Å²) in [6, 6.07) is 4.16. The molecule has 0 aliphatic heterocycles. The van der Waals surface area contributed by atoms with E-state index in [4.69, 9.17) is 5.73 Å². The molecule has 1 amide bonds. The van der Waals surface area contributed by atoms with Crippen molar-refractivity contribution >= 4 is 15.9 Å². The van der Waals surface area contributed by atoms with Crippen molar-refractivity contribution in [2.24, 2.45) is 5.73 Å². The van der Waals surface area contributed by atoms with Crippen LogP contribution in [0.5, 0.6) is 0 Å². The minimum absolute atomic E-state index is 0.145. The SMILES string of the molecule is CNC(=O)C(C)NS(=O)(=O)c1cc(CN)ccc1C. The molecular weight excluding hydrogens is 266 g/mol. The lowest BCUT2D eigenvalue weighted by molar-refractivity contribution is -0.121. The number of nitrogens with two attached hydrogens (primary N) is 1. The van der Waals surface area contributed by atoms with E-state index in [1.54, 1.807) is 19.1 Å². The van der Waals surface area contributed by atoms with Crippen molar-refractivity contribution in [1.29, 1.82) is 0 Å². The molecule has 6 nitrogen and oxygen atoms in total. The number of aryl methyl sites for hydroxylation is 1. The maximum Gasteiger partial charge on any atom is 0.241 e. The smallest absolute Gasteiger partial charge is 0.241 e. The molecule has 7 heteroatoms. The van der Waals surface area contributed by atoms with Gasteiger partial charge in [0.2, 0.25) is 15.9 Å². The molecule has 0 aromatic heterocycles. The Morgan fingerprint density at radius 3 is 2.58 bits per heavy atom. The number of benzene rings is 1. The number of rotatable bonds is 5. The Balaban J connectivity index is 3.10. The van der Waals surface area contributed by atoms with Crippen molar-refractivity contribution < 1.29 is 13.2 Å². The van der Waals surface area contributed by atoms with Crippen molar-refractivity contribution in [2.75, 3.05) is 7.05 Å². The van der Waals surface area contributed by atoms with Gasteiger partial charge in [-0.25, -0.2) is 8.42 Å². The Bertz CT molecular complexity index is 570. The molecule has 106 valence electrons. The van der Waals surface area contributed by atoms with Gasteiger partial charge in [-0.3, -0.25) is 4.79 Å². The van der Waals surface area contributed by atoms with Gasteiger partial charge in [0.25, 0.3) is 0 Å². The van der Waals surface area contributed by atoms with Gasteiger partial charge < -0.3 is 11.1 Å². The van der Waals surface area contributed by atoms with Gasteiger partial charge in [-0.15, -0.1) is 0 Å². The summed E-state index contributed by atoms with van der Waals surface area (Å²) in [7, 11) is -2.29. The van der Waals surface area contributed by atoms with Gasteiger partial charge >= 0.3 is 0 Å². The monoisotopic (exact) mass is 285 g/mol. The molecule has 0 saturated carbocycles. The maximum atomic E-state index is 12.2. The van der Waals surface area contributed by atoms with Gasteiger partial charge in [-0.1, -0.05) is 12.1 Å². The quantitative estimate of drug-likeness (QED) is 0.701. The highest BCUT2D eigenvalue weighted by molar-refractivity contribution is 7.89. The average molecular weight is 285 g/mol. The number of amides is 1. The topological polar surface area (TPSA) is 101 Å². The fourth-order valence-electron chi connectivity index (χ4n) is 1.63. The van der Waals surface area contributed by atoms with Gasteiger partial charge in [0.1, 0.15) is 0 Å². The lowest BCUT2D eigenvalue weighted by Gasteiger charge is -2.14. The van der Waals surface area contributed by atoms with E-state index in [-0.39, 0.29) is 11.4 Å². The minimum atomic E-state index is -3.74. The first-order valence-electron chi connectivity index (χ1n) is 5.85. The fraction of sp³-hybridized carbons (Fsp3) is 0.417. The summed E-state index contributed by atoms with van der Waals surface area (Å²) in [6.45, 7) is 3.44. The first kappa shape index (κ1) is 15.6. The molecule has 1 aromatic carbocycles. The molecule has 1 rings (SSSR count). The van der Waals surface area contributed by atoms with E-state index in [9.17, 15) is 13.2 Å². The first-order chi connectivity index (χ1) is 8.81. The van der Waals surface area contributed by atoms with Gasteiger partial charge in [-0.05, 0) is 31.0 Å². The Morgan fingerprint density at radius 2 is 2.05 bits per heavy atom. The predicted molar refractivity (Wildman–Crippen MR) is 72.9 cm³/mol. The lowest BCUT2D eigenvalue weighted by atomic mass is 10.1. The fourth-order valence-corrected chi connectivity index (χ4v) is 3.13. The van der Waals surface area contributed by atoms with E-state index in [2.05, 4.69) is 10.0 Å². The molecule has 0 spiro atoms. The molecule has 4 N–H and O–H groups in total. The maximum absolute atomic E-state index is 12.2. The molecule has 0 saturated heterocycles. The summed E-state index contributed by atoms with van der Waals surface area (Å²) in [5.41, 5.74) is 6.83. The number of carbonyl (C=O) groups is 1. The van der Waals surface area contributed by atoms with Gasteiger partial charge in [0, 0.05) is 13.6 Å². The Morgan fingerprint density at radius 1 is 1.42 bits per heavy atom. The van der Waals surface area contributed by atoms with Crippen LogP contribution in [0.4, 0.5) is 0 Å². The molecular formula is C12H19N3O3S. The summed E-state index contributed by atoms with van der Waals surface area (Å²) >= 11 is 0. The van der Waals surface area contributed by atoms with E-state index < -0.39 is 22.0 Å². The number of sulfonamides is 1. The molecule has 0 aliphatic carbocycles. The number of likely N-dealkylation sites (N-methyl/N-ethyl adjacent to an activating group) is 1. The molecule has 0 bridgehead atoms. The van der Waals surface area contributed by atoms with Crippen molar-refractivity contribution in [2.45, 2.75) is 31.3 Å². The second-order valence-electron chi connectivity index (χ2n) is 4.26. The van der Waals surface area contributed by atoms with Gasteiger partial charge in [0.05, 0.1) is 10.9 Å². The number of hydrogen-bond acceptors (Lipinski definition) is 4. The third kappa shape index (κ3) is 3.76. The van der Waals surface area contributed by atoms with Gasteiger partial charge in [0.15, 0.2) is 0 Å². The number of carbonyl (C=O) groups excluding carboxylic acids is 1. The van der Waals surface area contributed by atoms with Crippen LogP contribution in [0.1, 0.15) is 18.1 Å². The Hall–Kier alpha value is -1.44. The second-order valence-corrected chi connectivity index (χ2v) is 5.94. The largest absolute Gasteiger partial charge is 0.358 e. The third-order valence-corrected chi connectivity index (χ3v) is 4.43. The molecule has 0 heterocycles. The van der Waals surface area contributed by atoms with Crippen LogP contribution in [0.25, 0.3) is 0 Å². The summed E-state index contributed by atoms with van der Waals surface area (Å²) < 4.78 is 26.8.